The van der Waals surface area contributed by atoms with Crippen LogP contribution in [0.5, 0.6) is 0 Å². The average molecular weight is 204 g/mol. The van der Waals surface area contributed by atoms with Crippen molar-refractivity contribution < 1.29 is 4.79 Å². The lowest BCUT2D eigenvalue weighted by Gasteiger charge is -2.06. The monoisotopic (exact) mass is 204 g/mol. The Morgan fingerprint density at radius 1 is 1.40 bits per heavy atom. The first-order chi connectivity index (χ1) is 7.15. The van der Waals surface area contributed by atoms with Gasteiger partial charge in [-0.15, -0.1) is 0 Å². The topological polar surface area (TPSA) is 46.3 Å². The van der Waals surface area contributed by atoms with Gasteiger partial charge < -0.3 is 10.6 Å². The van der Waals surface area contributed by atoms with E-state index in [9.17, 15) is 4.79 Å². The Hall–Kier alpha value is -1.61. The molecule has 0 saturated carbocycles. The van der Waals surface area contributed by atoms with E-state index < -0.39 is 0 Å². The summed E-state index contributed by atoms with van der Waals surface area (Å²) in [7, 11) is 3.45. The van der Waals surface area contributed by atoms with Crippen LogP contribution in [0.15, 0.2) is 30.3 Å². The highest BCUT2D eigenvalue weighted by Gasteiger charge is 1.99. The Balaban J connectivity index is 2.84. The van der Waals surface area contributed by atoms with Crippen molar-refractivity contribution in [3.8, 4) is 0 Å². The number of benzene rings is 1. The molecule has 15 heavy (non-hydrogen) atoms. The number of hydrogen-bond donors (Lipinski definition) is 1. The van der Waals surface area contributed by atoms with Crippen LogP contribution in [0.2, 0.25) is 0 Å². The SMILES string of the molecule is CN(C)C(=O)C=Cc1ccccc1CN. The van der Waals surface area contributed by atoms with Crippen LogP contribution < -0.4 is 5.73 Å². The molecule has 80 valence electrons. The summed E-state index contributed by atoms with van der Waals surface area (Å²) in [5.74, 6) is -0.0261. The molecule has 0 bridgehead atoms. The summed E-state index contributed by atoms with van der Waals surface area (Å²) in [6, 6.07) is 7.77. The Bertz CT molecular complexity index is 370. The predicted molar refractivity (Wildman–Crippen MR) is 62.1 cm³/mol. The van der Waals surface area contributed by atoms with Gasteiger partial charge in [-0.25, -0.2) is 0 Å². The molecule has 0 saturated heterocycles. The summed E-state index contributed by atoms with van der Waals surface area (Å²) < 4.78 is 0. The van der Waals surface area contributed by atoms with E-state index in [0.29, 0.717) is 6.54 Å². The second-order valence-corrected chi connectivity index (χ2v) is 3.47. The predicted octanol–water partition coefficient (Wildman–Crippen LogP) is 1.25. The van der Waals surface area contributed by atoms with Gasteiger partial charge in [-0.2, -0.15) is 0 Å². The molecule has 0 spiro atoms. The first-order valence-corrected chi connectivity index (χ1v) is 4.82. The Morgan fingerprint density at radius 2 is 2.07 bits per heavy atom. The number of carbonyl (C=O) groups excluding carboxylic acids is 1. The van der Waals surface area contributed by atoms with Gasteiger partial charge in [-0.1, -0.05) is 24.3 Å². The van der Waals surface area contributed by atoms with E-state index in [4.69, 9.17) is 5.73 Å². The zero-order valence-corrected chi connectivity index (χ0v) is 9.10. The van der Waals surface area contributed by atoms with E-state index in [1.807, 2.05) is 24.3 Å². The highest BCUT2D eigenvalue weighted by Crippen LogP contribution is 2.09. The molecule has 3 heteroatoms. The van der Waals surface area contributed by atoms with Crippen LogP contribution in [0.4, 0.5) is 0 Å². The summed E-state index contributed by atoms with van der Waals surface area (Å²) >= 11 is 0. The zero-order chi connectivity index (χ0) is 11.3. The number of amides is 1. The van der Waals surface area contributed by atoms with Gasteiger partial charge in [0.05, 0.1) is 0 Å². The third-order valence-corrected chi connectivity index (χ3v) is 2.12. The summed E-state index contributed by atoms with van der Waals surface area (Å²) in [5.41, 5.74) is 7.63. The fourth-order valence-corrected chi connectivity index (χ4v) is 1.19. The molecule has 3 nitrogen and oxygen atoms in total. The van der Waals surface area contributed by atoms with E-state index in [1.54, 1.807) is 26.2 Å². The number of rotatable bonds is 3. The summed E-state index contributed by atoms with van der Waals surface area (Å²) in [5, 5.41) is 0. The van der Waals surface area contributed by atoms with Crippen molar-refractivity contribution in [2.24, 2.45) is 5.73 Å². The number of nitrogens with zero attached hydrogens (tertiary/aromatic N) is 1. The van der Waals surface area contributed by atoms with Crippen LogP contribution in [0.25, 0.3) is 6.08 Å². The van der Waals surface area contributed by atoms with Crippen LogP contribution in [-0.2, 0) is 11.3 Å². The first-order valence-electron chi connectivity index (χ1n) is 4.82. The fraction of sp³-hybridized carbons (Fsp3) is 0.250. The van der Waals surface area contributed by atoms with Crippen molar-refractivity contribution >= 4 is 12.0 Å². The summed E-state index contributed by atoms with van der Waals surface area (Å²) in [6.07, 6.45) is 3.35. The molecule has 1 rings (SSSR count). The van der Waals surface area contributed by atoms with Gasteiger partial charge in [-0.05, 0) is 17.2 Å². The van der Waals surface area contributed by atoms with E-state index in [1.165, 1.54) is 4.90 Å². The van der Waals surface area contributed by atoms with Crippen molar-refractivity contribution in [1.82, 2.24) is 4.90 Å². The molecule has 0 heterocycles. The van der Waals surface area contributed by atoms with Gasteiger partial charge >= 0.3 is 0 Å². The smallest absolute Gasteiger partial charge is 0.246 e. The van der Waals surface area contributed by atoms with Gasteiger partial charge in [0.25, 0.3) is 0 Å². The minimum atomic E-state index is -0.0261. The molecule has 0 atom stereocenters. The highest BCUT2D eigenvalue weighted by molar-refractivity contribution is 5.91. The molecule has 2 N–H and O–H groups in total. The third-order valence-electron chi connectivity index (χ3n) is 2.12. The lowest BCUT2D eigenvalue weighted by molar-refractivity contribution is -0.123. The molecule has 0 radical (unpaired) electrons. The van der Waals surface area contributed by atoms with Crippen LogP contribution in [0.1, 0.15) is 11.1 Å². The van der Waals surface area contributed by atoms with Crippen LogP contribution in [-0.4, -0.2) is 24.9 Å². The van der Waals surface area contributed by atoms with Crippen molar-refractivity contribution in [2.45, 2.75) is 6.54 Å². The van der Waals surface area contributed by atoms with Crippen LogP contribution >= 0.6 is 0 Å². The molecule has 0 aliphatic heterocycles. The Labute approximate surface area is 90.2 Å². The number of carbonyl (C=O) groups is 1. The Morgan fingerprint density at radius 3 is 2.67 bits per heavy atom. The molecule has 0 aromatic heterocycles. The van der Waals surface area contributed by atoms with E-state index in [-0.39, 0.29) is 5.91 Å². The zero-order valence-electron chi connectivity index (χ0n) is 9.10. The average Bonchev–Trinajstić information content (AvgIpc) is 2.26. The quantitative estimate of drug-likeness (QED) is 0.753. The molecule has 0 aliphatic carbocycles. The van der Waals surface area contributed by atoms with Crippen molar-refractivity contribution in [2.75, 3.05) is 14.1 Å². The van der Waals surface area contributed by atoms with Crippen molar-refractivity contribution in [3.05, 3.63) is 41.5 Å². The minimum absolute atomic E-state index is 0.0261. The molecule has 0 fully saturated rings. The molecule has 1 aromatic carbocycles. The maximum atomic E-state index is 11.3. The van der Waals surface area contributed by atoms with Gasteiger partial charge in [0, 0.05) is 26.7 Å². The van der Waals surface area contributed by atoms with E-state index in [2.05, 4.69) is 0 Å². The normalized spacial score (nSPS) is 10.6. The molecule has 1 aromatic rings. The van der Waals surface area contributed by atoms with Gasteiger partial charge in [0.1, 0.15) is 0 Å². The van der Waals surface area contributed by atoms with Crippen molar-refractivity contribution in [1.29, 1.82) is 0 Å². The molecular formula is C12H16N2O. The molecular weight excluding hydrogens is 188 g/mol. The summed E-state index contributed by atoms with van der Waals surface area (Å²) in [4.78, 5) is 12.9. The summed E-state index contributed by atoms with van der Waals surface area (Å²) in [6.45, 7) is 0.483. The Kier molecular flexibility index (Phi) is 4.06. The number of hydrogen-bond acceptors (Lipinski definition) is 2. The second kappa shape index (κ2) is 5.32. The van der Waals surface area contributed by atoms with Crippen molar-refractivity contribution in [3.63, 3.8) is 0 Å². The van der Waals surface area contributed by atoms with Crippen LogP contribution in [0, 0.1) is 0 Å². The lowest BCUT2D eigenvalue weighted by Crippen LogP contribution is -2.18. The maximum absolute atomic E-state index is 11.3. The van der Waals surface area contributed by atoms with Crippen LogP contribution in [0.3, 0.4) is 0 Å². The fourth-order valence-electron chi connectivity index (χ4n) is 1.19. The number of likely N-dealkylation sites (N-methyl/N-ethyl adjacent to an activating group) is 1. The molecule has 0 unspecified atom stereocenters. The second-order valence-electron chi connectivity index (χ2n) is 3.47. The largest absolute Gasteiger partial charge is 0.345 e. The van der Waals surface area contributed by atoms with Gasteiger partial charge in [0.15, 0.2) is 0 Å². The van der Waals surface area contributed by atoms with Gasteiger partial charge in [-0.3, -0.25) is 4.79 Å². The first kappa shape index (κ1) is 11.5. The number of nitrogens with two attached hydrogens (primary N) is 1. The molecule has 0 aliphatic rings. The standard InChI is InChI=1S/C12H16N2O/c1-14(2)12(15)8-7-10-5-3-4-6-11(10)9-13/h3-8H,9,13H2,1-2H3. The minimum Gasteiger partial charge on any atom is -0.345 e. The molecule has 1 amide bonds. The highest BCUT2D eigenvalue weighted by atomic mass is 16.2. The van der Waals surface area contributed by atoms with E-state index in [0.717, 1.165) is 11.1 Å². The maximum Gasteiger partial charge on any atom is 0.246 e. The van der Waals surface area contributed by atoms with Gasteiger partial charge in [0.2, 0.25) is 5.91 Å². The third kappa shape index (κ3) is 3.22. The van der Waals surface area contributed by atoms with E-state index >= 15 is 0 Å². The lowest BCUT2D eigenvalue weighted by atomic mass is 10.1.